The van der Waals surface area contributed by atoms with Crippen LogP contribution in [0.4, 0.5) is 0 Å². The predicted molar refractivity (Wildman–Crippen MR) is 76.3 cm³/mol. The molecule has 0 saturated heterocycles. The highest BCUT2D eigenvalue weighted by molar-refractivity contribution is 7.72. The van der Waals surface area contributed by atoms with Crippen LogP contribution in [0.1, 0.15) is 13.8 Å². The van der Waals surface area contributed by atoms with Crippen molar-refractivity contribution in [2.75, 3.05) is 6.66 Å². The topological polar surface area (TPSA) is 0 Å². The summed E-state index contributed by atoms with van der Waals surface area (Å²) in [5, 5.41) is 2.88. The van der Waals surface area contributed by atoms with E-state index >= 15 is 0 Å². The summed E-state index contributed by atoms with van der Waals surface area (Å²) in [5.74, 6) is 0. The highest BCUT2D eigenvalue weighted by Gasteiger charge is 2.05. The molecule has 0 bridgehead atoms. The summed E-state index contributed by atoms with van der Waals surface area (Å²) >= 11 is 0. The van der Waals surface area contributed by atoms with Gasteiger partial charge in [0.2, 0.25) is 0 Å². The van der Waals surface area contributed by atoms with Crippen molar-refractivity contribution < 1.29 is 0 Å². The van der Waals surface area contributed by atoms with Crippen LogP contribution < -0.4 is 10.6 Å². The van der Waals surface area contributed by atoms with Crippen molar-refractivity contribution in [2.24, 2.45) is 0 Å². The van der Waals surface area contributed by atoms with E-state index in [1.165, 1.54) is 10.6 Å². The molecule has 0 amide bonds. The van der Waals surface area contributed by atoms with E-state index in [4.69, 9.17) is 0 Å². The summed E-state index contributed by atoms with van der Waals surface area (Å²) < 4.78 is 0. The summed E-state index contributed by atoms with van der Waals surface area (Å²) in [5.41, 5.74) is 0. The molecule has 0 aliphatic heterocycles. The molecule has 0 spiro atoms. The van der Waals surface area contributed by atoms with Crippen molar-refractivity contribution in [3.63, 3.8) is 0 Å². The molecule has 0 heterocycles. The zero-order valence-corrected chi connectivity index (χ0v) is 11.1. The summed E-state index contributed by atoms with van der Waals surface area (Å²) in [6.07, 6.45) is 0. The standard InChI is InChI=1S/C13H13P.C2H6/c1-14(12-8-4-2-5-9-12)13-10-6-3-7-11-13;1-2/h2-11H,1H3;1-2H3. The molecule has 0 N–H and O–H groups in total. The largest absolute Gasteiger partial charge is 0.0683 e. The molecule has 0 aromatic heterocycles. The third-order valence-corrected chi connectivity index (χ3v) is 4.43. The molecule has 1 heteroatoms. The minimum Gasteiger partial charge on any atom is -0.0683 e. The Morgan fingerprint density at radius 1 is 0.625 bits per heavy atom. The summed E-state index contributed by atoms with van der Waals surface area (Å²) in [6, 6.07) is 21.4. The van der Waals surface area contributed by atoms with Crippen LogP contribution in [0.15, 0.2) is 60.7 Å². The van der Waals surface area contributed by atoms with Crippen LogP contribution in [0.2, 0.25) is 0 Å². The van der Waals surface area contributed by atoms with Crippen molar-refractivity contribution in [2.45, 2.75) is 13.8 Å². The van der Waals surface area contributed by atoms with E-state index in [0.717, 1.165) is 0 Å². The van der Waals surface area contributed by atoms with Crippen molar-refractivity contribution in [3.8, 4) is 0 Å². The molecule has 2 aromatic rings. The smallest absolute Gasteiger partial charge is 0.0198 e. The van der Waals surface area contributed by atoms with Gasteiger partial charge in [-0.2, -0.15) is 0 Å². The first-order valence-electron chi connectivity index (χ1n) is 5.72. The fourth-order valence-corrected chi connectivity index (χ4v) is 2.99. The monoisotopic (exact) mass is 230 g/mol. The van der Waals surface area contributed by atoms with E-state index in [9.17, 15) is 0 Å². The first-order valence-corrected chi connectivity index (χ1v) is 7.50. The van der Waals surface area contributed by atoms with Crippen molar-refractivity contribution in [1.29, 1.82) is 0 Å². The van der Waals surface area contributed by atoms with Gasteiger partial charge < -0.3 is 0 Å². The Morgan fingerprint density at radius 3 is 1.25 bits per heavy atom. The maximum atomic E-state index is 2.31. The Bertz CT molecular complexity index is 341. The fraction of sp³-hybridized carbons (Fsp3) is 0.200. The zero-order valence-electron chi connectivity index (χ0n) is 10.2. The SMILES string of the molecule is CC.CP(c1ccccc1)c1ccccc1. The highest BCUT2D eigenvalue weighted by atomic mass is 31.1. The Hall–Kier alpha value is -1.13. The lowest BCUT2D eigenvalue weighted by atomic mass is 10.4. The Morgan fingerprint density at radius 2 is 0.938 bits per heavy atom. The Kier molecular flexibility index (Phi) is 5.82. The van der Waals surface area contributed by atoms with E-state index in [1.54, 1.807) is 0 Å². The molecule has 0 fully saturated rings. The fourth-order valence-electron chi connectivity index (χ4n) is 1.45. The molecule has 0 nitrogen and oxygen atoms in total. The number of hydrogen-bond acceptors (Lipinski definition) is 0. The quantitative estimate of drug-likeness (QED) is 0.689. The Balaban J connectivity index is 0.000000606. The predicted octanol–water partition coefficient (Wildman–Crippen LogP) is 3.78. The lowest BCUT2D eigenvalue weighted by Crippen LogP contribution is -2.09. The van der Waals surface area contributed by atoms with Crippen molar-refractivity contribution >= 4 is 18.5 Å². The van der Waals surface area contributed by atoms with Crippen LogP contribution >= 0.6 is 7.92 Å². The van der Waals surface area contributed by atoms with Gasteiger partial charge >= 0.3 is 0 Å². The molecule has 0 saturated carbocycles. The third kappa shape index (κ3) is 3.47. The van der Waals surface area contributed by atoms with Gasteiger partial charge in [-0.15, -0.1) is 0 Å². The van der Waals surface area contributed by atoms with E-state index in [0.29, 0.717) is 0 Å². The van der Waals surface area contributed by atoms with E-state index in [-0.39, 0.29) is 7.92 Å². The van der Waals surface area contributed by atoms with Gasteiger partial charge in [-0.1, -0.05) is 74.5 Å². The third-order valence-electron chi connectivity index (χ3n) is 2.29. The van der Waals surface area contributed by atoms with Gasteiger partial charge in [-0.25, -0.2) is 0 Å². The first kappa shape index (κ1) is 12.9. The Labute approximate surface area is 100 Å². The molecular formula is C15H19P. The second kappa shape index (κ2) is 7.19. The van der Waals surface area contributed by atoms with Crippen molar-refractivity contribution in [1.82, 2.24) is 0 Å². The molecule has 0 unspecified atom stereocenters. The van der Waals surface area contributed by atoms with E-state index in [2.05, 4.69) is 67.3 Å². The first-order chi connectivity index (χ1) is 7.88. The minimum absolute atomic E-state index is 0.171. The van der Waals surface area contributed by atoms with Crippen LogP contribution in [-0.4, -0.2) is 6.66 Å². The molecule has 0 aliphatic rings. The molecule has 84 valence electrons. The summed E-state index contributed by atoms with van der Waals surface area (Å²) in [7, 11) is -0.171. The molecule has 2 rings (SSSR count). The molecule has 0 radical (unpaired) electrons. The number of benzene rings is 2. The number of rotatable bonds is 2. The second-order valence-electron chi connectivity index (χ2n) is 3.23. The highest BCUT2D eigenvalue weighted by Crippen LogP contribution is 2.27. The zero-order chi connectivity index (χ0) is 11.8. The van der Waals surface area contributed by atoms with Gasteiger partial charge in [0.1, 0.15) is 0 Å². The summed E-state index contributed by atoms with van der Waals surface area (Å²) in [6.45, 7) is 6.31. The maximum absolute atomic E-state index is 2.31. The van der Waals surface area contributed by atoms with Crippen LogP contribution in [-0.2, 0) is 0 Å². The number of hydrogen-bond donors (Lipinski definition) is 0. The van der Waals surface area contributed by atoms with Gasteiger partial charge in [-0.3, -0.25) is 0 Å². The van der Waals surface area contributed by atoms with Gasteiger partial charge in [0, 0.05) is 0 Å². The average Bonchev–Trinajstić information content (AvgIpc) is 2.42. The maximum Gasteiger partial charge on any atom is -0.0198 e. The minimum atomic E-state index is -0.171. The normalized spacial score (nSPS) is 9.50. The molecule has 0 atom stereocenters. The van der Waals surface area contributed by atoms with Crippen molar-refractivity contribution in [3.05, 3.63) is 60.7 Å². The molecular weight excluding hydrogens is 211 g/mol. The molecule has 2 aromatic carbocycles. The molecule has 0 aliphatic carbocycles. The van der Waals surface area contributed by atoms with Gasteiger partial charge in [0.15, 0.2) is 0 Å². The van der Waals surface area contributed by atoms with Crippen LogP contribution in [0.5, 0.6) is 0 Å². The lowest BCUT2D eigenvalue weighted by molar-refractivity contribution is 1.50. The van der Waals surface area contributed by atoms with E-state index in [1.807, 2.05) is 13.8 Å². The van der Waals surface area contributed by atoms with E-state index < -0.39 is 0 Å². The average molecular weight is 230 g/mol. The van der Waals surface area contributed by atoms with Crippen LogP contribution in [0, 0.1) is 0 Å². The second-order valence-corrected chi connectivity index (χ2v) is 5.38. The molecule has 16 heavy (non-hydrogen) atoms. The summed E-state index contributed by atoms with van der Waals surface area (Å²) in [4.78, 5) is 0. The van der Waals surface area contributed by atoms with Gasteiger partial charge in [0.25, 0.3) is 0 Å². The van der Waals surface area contributed by atoms with Crippen LogP contribution in [0.3, 0.4) is 0 Å². The lowest BCUT2D eigenvalue weighted by Gasteiger charge is -2.12. The van der Waals surface area contributed by atoms with Gasteiger partial charge in [-0.05, 0) is 25.2 Å². The van der Waals surface area contributed by atoms with Crippen LogP contribution in [0.25, 0.3) is 0 Å². The van der Waals surface area contributed by atoms with Gasteiger partial charge in [0.05, 0.1) is 0 Å².